The highest BCUT2D eigenvalue weighted by molar-refractivity contribution is 6.31. The van der Waals surface area contributed by atoms with E-state index in [0.717, 1.165) is 4.68 Å². The van der Waals surface area contributed by atoms with Gasteiger partial charge in [0.25, 0.3) is 5.91 Å². The predicted octanol–water partition coefficient (Wildman–Crippen LogP) is 2.72. The molecule has 0 atom stereocenters. The maximum absolute atomic E-state index is 12.5. The predicted molar refractivity (Wildman–Crippen MR) is 96.3 cm³/mol. The molecule has 0 amide bonds. The summed E-state index contributed by atoms with van der Waals surface area (Å²) in [5, 5.41) is 7.57. The second-order valence-electron chi connectivity index (χ2n) is 5.50. The average molecular weight is 372 g/mol. The molecule has 4 rings (SSSR count). The molecule has 0 unspecified atom stereocenters. The summed E-state index contributed by atoms with van der Waals surface area (Å²) in [6.07, 6.45) is 0. The van der Waals surface area contributed by atoms with Crippen molar-refractivity contribution in [3.8, 4) is 11.5 Å². The first kappa shape index (κ1) is 16.2. The number of nitrogens with two attached hydrogens (primary N) is 1. The Morgan fingerprint density at radius 3 is 2.77 bits per heavy atom. The number of nitrogen functional groups attached to an aromatic ring is 1. The van der Waals surface area contributed by atoms with E-state index in [0.29, 0.717) is 41.0 Å². The summed E-state index contributed by atoms with van der Waals surface area (Å²) in [5.41, 5.74) is 6.88. The molecule has 2 aromatic carbocycles. The molecule has 2 heterocycles. The van der Waals surface area contributed by atoms with Crippen LogP contribution in [0.2, 0.25) is 5.02 Å². The number of hydrogen-bond acceptors (Lipinski definition) is 7. The zero-order valence-electron chi connectivity index (χ0n) is 13.5. The zero-order valence-corrected chi connectivity index (χ0v) is 14.2. The summed E-state index contributed by atoms with van der Waals surface area (Å²) in [6, 6.07) is 11.9. The van der Waals surface area contributed by atoms with Crippen LogP contribution in [0.15, 0.2) is 42.5 Å². The van der Waals surface area contributed by atoms with Crippen molar-refractivity contribution in [2.75, 3.05) is 24.3 Å². The van der Waals surface area contributed by atoms with Crippen molar-refractivity contribution in [3.63, 3.8) is 0 Å². The van der Waals surface area contributed by atoms with Crippen LogP contribution in [0, 0.1) is 0 Å². The number of carbonyl (C=O) groups excluding carboxylic acids is 1. The first-order chi connectivity index (χ1) is 12.6. The summed E-state index contributed by atoms with van der Waals surface area (Å²) in [5.74, 6) is 1.04. The zero-order chi connectivity index (χ0) is 18.1. The topological polar surface area (TPSA) is 104 Å². The van der Waals surface area contributed by atoms with Gasteiger partial charge in [-0.15, -0.1) is 5.10 Å². The third kappa shape index (κ3) is 3.14. The Hall–Kier alpha value is -3.26. The summed E-state index contributed by atoms with van der Waals surface area (Å²) >= 11 is 5.92. The van der Waals surface area contributed by atoms with Crippen LogP contribution >= 0.6 is 11.6 Å². The molecule has 3 aromatic rings. The Morgan fingerprint density at radius 2 is 1.96 bits per heavy atom. The monoisotopic (exact) mass is 371 g/mol. The number of ether oxygens (including phenoxy) is 2. The van der Waals surface area contributed by atoms with E-state index < -0.39 is 5.91 Å². The van der Waals surface area contributed by atoms with E-state index in [4.69, 9.17) is 26.8 Å². The molecule has 0 bridgehead atoms. The minimum Gasteiger partial charge on any atom is -0.486 e. The highest BCUT2D eigenvalue weighted by atomic mass is 35.5. The Bertz CT molecular complexity index is 988. The number of fused-ring (bicyclic) bond motifs is 1. The van der Waals surface area contributed by atoms with Gasteiger partial charge in [0.1, 0.15) is 13.2 Å². The van der Waals surface area contributed by atoms with Crippen LogP contribution < -0.4 is 20.5 Å². The van der Waals surface area contributed by atoms with E-state index >= 15 is 0 Å². The molecule has 1 aromatic heterocycles. The molecule has 0 radical (unpaired) electrons. The van der Waals surface area contributed by atoms with E-state index in [1.54, 1.807) is 42.5 Å². The molecule has 0 aliphatic carbocycles. The number of aromatic nitrogens is 3. The molecular formula is C17H14ClN5O3. The van der Waals surface area contributed by atoms with Crippen LogP contribution in [-0.2, 0) is 0 Å². The second kappa shape index (κ2) is 6.57. The van der Waals surface area contributed by atoms with Crippen LogP contribution in [0.25, 0.3) is 0 Å². The lowest BCUT2D eigenvalue weighted by molar-refractivity contribution is 0.0948. The third-order valence-corrected chi connectivity index (χ3v) is 3.93. The maximum atomic E-state index is 12.5. The van der Waals surface area contributed by atoms with Crippen molar-refractivity contribution in [1.29, 1.82) is 0 Å². The van der Waals surface area contributed by atoms with E-state index in [-0.39, 0.29) is 11.9 Å². The normalized spacial score (nSPS) is 12.7. The SMILES string of the molecule is Nc1nc(Nc2ccc3c(c2)OCCO3)nn1C(=O)c1cccc(Cl)c1. The van der Waals surface area contributed by atoms with Crippen molar-refractivity contribution in [3.05, 3.63) is 53.1 Å². The third-order valence-electron chi connectivity index (χ3n) is 3.69. The van der Waals surface area contributed by atoms with E-state index in [1.165, 1.54) is 0 Å². The Kier molecular flexibility index (Phi) is 4.10. The first-order valence-corrected chi connectivity index (χ1v) is 8.17. The van der Waals surface area contributed by atoms with Gasteiger partial charge in [0.05, 0.1) is 0 Å². The summed E-state index contributed by atoms with van der Waals surface area (Å²) in [4.78, 5) is 16.6. The molecule has 1 aliphatic rings. The fourth-order valence-corrected chi connectivity index (χ4v) is 2.71. The molecule has 0 saturated heterocycles. The van der Waals surface area contributed by atoms with Crippen LogP contribution in [0.3, 0.4) is 0 Å². The highest BCUT2D eigenvalue weighted by Gasteiger charge is 2.17. The standard InChI is InChI=1S/C17H14ClN5O3/c18-11-3-1-2-10(8-11)15(24)23-16(19)21-17(22-23)20-12-4-5-13-14(9-12)26-7-6-25-13/h1-5,8-9H,6-7H2,(H3,19,20,21,22). The van der Waals surface area contributed by atoms with Crippen LogP contribution in [0.5, 0.6) is 11.5 Å². The van der Waals surface area contributed by atoms with Crippen molar-refractivity contribution in [2.24, 2.45) is 0 Å². The largest absolute Gasteiger partial charge is 0.486 e. The van der Waals surface area contributed by atoms with Crippen molar-refractivity contribution in [1.82, 2.24) is 14.8 Å². The van der Waals surface area contributed by atoms with Gasteiger partial charge < -0.3 is 20.5 Å². The van der Waals surface area contributed by atoms with Gasteiger partial charge in [-0.2, -0.15) is 9.67 Å². The van der Waals surface area contributed by atoms with Crippen LogP contribution in [0.1, 0.15) is 10.4 Å². The number of benzene rings is 2. The van der Waals surface area contributed by atoms with Crippen LogP contribution in [0.4, 0.5) is 17.6 Å². The van der Waals surface area contributed by atoms with Crippen LogP contribution in [-0.4, -0.2) is 33.9 Å². The molecule has 9 heteroatoms. The lowest BCUT2D eigenvalue weighted by Crippen LogP contribution is -2.16. The van der Waals surface area contributed by atoms with Gasteiger partial charge in [0.15, 0.2) is 11.5 Å². The van der Waals surface area contributed by atoms with E-state index in [9.17, 15) is 4.79 Å². The molecule has 0 fully saturated rings. The molecule has 3 N–H and O–H groups in total. The number of rotatable bonds is 3. The number of halogens is 1. The molecular weight excluding hydrogens is 358 g/mol. The van der Waals surface area contributed by atoms with Crippen molar-refractivity contribution >= 4 is 35.1 Å². The number of nitrogens with zero attached hydrogens (tertiary/aromatic N) is 3. The van der Waals surface area contributed by atoms with Gasteiger partial charge in [-0.3, -0.25) is 4.79 Å². The van der Waals surface area contributed by atoms with Gasteiger partial charge in [-0.25, -0.2) is 0 Å². The van der Waals surface area contributed by atoms with Crippen molar-refractivity contribution in [2.45, 2.75) is 0 Å². The number of anilines is 3. The molecule has 26 heavy (non-hydrogen) atoms. The molecule has 1 aliphatic heterocycles. The van der Waals surface area contributed by atoms with Crippen molar-refractivity contribution < 1.29 is 14.3 Å². The lowest BCUT2D eigenvalue weighted by atomic mass is 10.2. The minimum absolute atomic E-state index is 0.0324. The first-order valence-electron chi connectivity index (χ1n) is 7.79. The van der Waals surface area contributed by atoms with Gasteiger partial charge in [-0.1, -0.05) is 17.7 Å². The summed E-state index contributed by atoms with van der Waals surface area (Å²) in [6.45, 7) is 1.01. The molecule has 132 valence electrons. The fourth-order valence-electron chi connectivity index (χ4n) is 2.52. The molecule has 0 saturated carbocycles. The summed E-state index contributed by atoms with van der Waals surface area (Å²) < 4.78 is 12.0. The lowest BCUT2D eigenvalue weighted by Gasteiger charge is -2.18. The number of carbonyl (C=O) groups is 1. The number of nitrogens with one attached hydrogen (secondary N) is 1. The fraction of sp³-hybridized carbons (Fsp3) is 0.118. The quantitative estimate of drug-likeness (QED) is 0.729. The average Bonchev–Trinajstić information content (AvgIpc) is 3.01. The van der Waals surface area contributed by atoms with E-state index in [2.05, 4.69) is 15.4 Å². The second-order valence-corrected chi connectivity index (χ2v) is 5.94. The van der Waals surface area contributed by atoms with Gasteiger partial charge in [0.2, 0.25) is 11.9 Å². The number of hydrogen-bond donors (Lipinski definition) is 2. The molecule has 8 nitrogen and oxygen atoms in total. The van der Waals surface area contributed by atoms with Gasteiger partial charge in [0, 0.05) is 22.3 Å². The Morgan fingerprint density at radius 1 is 1.15 bits per heavy atom. The maximum Gasteiger partial charge on any atom is 0.281 e. The smallest absolute Gasteiger partial charge is 0.281 e. The summed E-state index contributed by atoms with van der Waals surface area (Å²) in [7, 11) is 0. The van der Waals surface area contributed by atoms with Gasteiger partial charge >= 0.3 is 0 Å². The minimum atomic E-state index is -0.423. The highest BCUT2D eigenvalue weighted by Crippen LogP contribution is 2.33. The Labute approximate surface area is 153 Å². The molecule has 0 spiro atoms. The van der Waals surface area contributed by atoms with E-state index in [1.807, 2.05) is 0 Å². The van der Waals surface area contributed by atoms with Gasteiger partial charge in [-0.05, 0) is 30.3 Å². The Balaban J connectivity index is 1.58.